The van der Waals surface area contributed by atoms with E-state index in [0.717, 1.165) is 45.0 Å². The summed E-state index contributed by atoms with van der Waals surface area (Å²) in [4.78, 5) is 18.5. The molecule has 0 unspecified atom stereocenters. The summed E-state index contributed by atoms with van der Waals surface area (Å²) in [5, 5.41) is 2.97. The molecule has 2 heterocycles. The third-order valence-corrected chi connectivity index (χ3v) is 3.96. The van der Waals surface area contributed by atoms with Crippen molar-refractivity contribution in [1.29, 1.82) is 0 Å². The molecule has 0 bridgehead atoms. The summed E-state index contributed by atoms with van der Waals surface area (Å²) in [6, 6.07) is 7.71. The molecule has 1 N–H and O–H groups in total. The minimum absolute atomic E-state index is 0.0209. The van der Waals surface area contributed by atoms with Crippen molar-refractivity contribution in [3.63, 3.8) is 0 Å². The smallest absolute Gasteiger partial charge is 0.251 e. The summed E-state index contributed by atoms with van der Waals surface area (Å²) in [6.07, 6.45) is 5.47. The molecule has 0 spiro atoms. The zero-order chi connectivity index (χ0) is 15.9. The summed E-state index contributed by atoms with van der Waals surface area (Å²) >= 11 is 0. The van der Waals surface area contributed by atoms with E-state index >= 15 is 0 Å². The highest BCUT2D eigenvalue weighted by atomic mass is 16.5. The van der Waals surface area contributed by atoms with Crippen molar-refractivity contribution in [2.75, 3.05) is 39.4 Å². The number of hydrogen-bond acceptors (Lipinski definition) is 4. The molecule has 122 valence electrons. The van der Waals surface area contributed by atoms with Gasteiger partial charge in [0.25, 0.3) is 5.91 Å². The minimum atomic E-state index is -0.0209. The highest BCUT2D eigenvalue weighted by Crippen LogP contribution is 2.06. The van der Waals surface area contributed by atoms with E-state index in [0.29, 0.717) is 12.1 Å². The lowest BCUT2D eigenvalue weighted by atomic mass is 10.1. The second kappa shape index (κ2) is 7.89. The van der Waals surface area contributed by atoms with Crippen LogP contribution in [0.15, 0.2) is 43.0 Å². The minimum Gasteiger partial charge on any atom is -0.379 e. The second-order valence-electron chi connectivity index (χ2n) is 5.64. The molecule has 6 nitrogen and oxygen atoms in total. The lowest BCUT2D eigenvalue weighted by Gasteiger charge is -2.26. The summed E-state index contributed by atoms with van der Waals surface area (Å²) < 4.78 is 7.31. The van der Waals surface area contributed by atoms with Crippen LogP contribution in [0.25, 0.3) is 0 Å². The molecular weight excluding hydrogens is 292 g/mol. The van der Waals surface area contributed by atoms with Crippen LogP contribution in [0.5, 0.6) is 0 Å². The quantitative estimate of drug-likeness (QED) is 0.864. The van der Waals surface area contributed by atoms with E-state index in [1.807, 2.05) is 35.0 Å². The Morgan fingerprint density at radius 1 is 1.22 bits per heavy atom. The molecule has 1 aromatic heterocycles. The Bertz CT molecular complexity index is 604. The van der Waals surface area contributed by atoms with Crippen molar-refractivity contribution >= 4 is 5.91 Å². The van der Waals surface area contributed by atoms with E-state index in [2.05, 4.69) is 15.2 Å². The maximum Gasteiger partial charge on any atom is 0.251 e. The summed E-state index contributed by atoms with van der Waals surface area (Å²) in [5.74, 6) is -0.0209. The molecule has 1 amide bonds. The molecule has 1 aliphatic heterocycles. The predicted octanol–water partition coefficient (Wildman–Crippen LogP) is 0.993. The Morgan fingerprint density at radius 2 is 2.00 bits per heavy atom. The van der Waals surface area contributed by atoms with Crippen LogP contribution in [0.3, 0.4) is 0 Å². The fourth-order valence-electron chi connectivity index (χ4n) is 2.61. The lowest BCUT2D eigenvalue weighted by Crippen LogP contribution is -2.41. The molecule has 1 fully saturated rings. The molecule has 6 heteroatoms. The van der Waals surface area contributed by atoms with Crippen molar-refractivity contribution in [3.8, 4) is 0 Å². The number of imidazole rings is 1. The monoisotopic (exact) mass is 314 g/mol. The first-order valence-electron chi connectivity index (χ1n) is 7.94. The highest BCUT2D eigenvalue weighted by molar-refractivity contribution is 5.94. The summed E-state index contributed by atoms with van der Waals surface area (Å²) in [6.45, 7) is 5.75. The van der Waals surface area contributed by atoms with Crippen molar-refractivity contribution in [2.45, 2.75) is 6.54 Å². The van der Waals surface area contributed by atoms with Gasteiger partial charge in [-0.15, -0.1) is 0 Å². The Kier molecular flexibility index (Phi) is 5.39. The Morgan fingerprint density at radius 3 is 2.70 bits per heavy atom. The number of nitrogens with one attached hydrogen (secondary N) is 1. The molecule has 1 aromatic carbocycles. The summed E-state index contributed by atoms with van der Waals surface area (Å²) in [5.41, 5.74) is 1.84. The zero-order valence-electron chi connectivity index (χ0n) is 13.1. The number of rotatable bonds is 6. The van der Waals surface area contributed by atoms with Crippen molar-refractivity contribution in [2.24, 2.45) is 0 Å². The topological polar surface area (TPSA) is 59.4 Å². The van der Waals surface area contributed by atoms with Gasteiger partial charge in [0.05, 0.1) is 19.5 Å². The molecule has 0 saturated carbocycles. The van der Waals surface area contributed by atoms with Gasteiger partial charge in [-0.05, 0) is 17.7 Å². The molecule has 1 aliphatic rings. The molecule has 0 aliphatic carbocycles. The van der Waals surface area contributed by atoms with Crippen molar-refractivity contribution < 1.29 is 9.53 Å². The third-order valence-electron chi connectivity index (χ3n) is 3.96. The number of carbonyl (C=O) groups is 1. The number of morpholine rings is 1. The normalized spacial score (nSPS) is 15.5. The van der Waals surface area contributed by atoms with E-state index in [4.69, 9.17) is 4.74 Å². The van der Waals surface area contributed by atoms with Crippen LogP contribution >= 0.6 is 0 Å². The van der Waals surface area contributed by atoms with Crippen molar-refractivity contribution in [3.05, 3.63) is 54.1 Å². The van der Waals surface area contributed by atoms with E-state index in [1.54, 1.807) is 12.5 Å². The number of benzene rings is 1. The fraction of sp³-hybridized carbons (Fsp3) is 0.412. The van der Waals surface area contributed by atoms with E-state index < -0.39 is 0 Å². The molecule has 0 radical (unpaired) electrons. The number of hydrogen-bond donors (Lipinski definition) is 1. The van der Waals surface area contributed by atoms with E-state index in [9.17, 15) is 4.79 Å². The van der Waals surface area contributed by atoms with Crippen LogP contribution in [0.4, 0.5) is 0 Å². The average molecular weight is 314 g/mol. The van der Waals surface area contributed by atoms with Gasteiger partial charge in [-0.25, -0.2) is 4.98 Å². The predicted molar refractivity (Wildman–Crippen MR) is 87.4 cm³/mol. The van der Waals surface area contributed by atoms with Crippen LogP contribution < -0.4 is 5.32 Å². The van der Waals surface area contributed by atoms with Crippen LogP contribution in [0, 0.1) is 0 Å². The second-order valence-corrected chi connectivity index (χ2v) is 5.64. The van der Waals surface area contributed by atoms with Gasteiger partial charge in [0, 0.05) is 50.7 Å². The summed E-state index contributed by atoms with van der Waals surface area (Å²) in [7, 11) is 0. The first-order valence-corrected chi connectivity index (χ1v) is 7.94. The highest BCUT2D eigenvalue weighted by Gasteiger charge is 2.10. The number of aromatic nitrogens is 2. The van der Waals surface area contributed by atoms with Crippen LogP contribution in [-0.2, 0) is 11.3 Å². The SMILES string of the molecule is O=C(NCCN1CCOCC1)c1ccc(Cn2ccnc2)cc1. The molecule has 2 aromatic rings. The standard InChI is InChI=1S/C17H22N4O2/c22-17(19-6-8-20-9-11-23-12-10-20)16-3-1-15(2-4-16)13-21-7-5-18-14-21/h1-5,7,14H,6,8-13H2,(H,19,22). The third kappa shape index (κ3) is 4.64. The van der Waals surface area contributed by atoms with Gasteiger partial charge in [-0.2, -0.15) is 0 Å². The van der Waals surface area contributed by atoms with Gasteiger partial charge >= 0.3 is 0 Å². The van der Waals surface area contributed by atoms with Crippen LogP contribution in [0.2, 0.25) is 0 Å². The van der Waals surface area contributed by atoms with E-state index in [-0.39, 0.29) is 5.91 Å². The number of nitrogens with zero attached hydrogens (tertiary/aromatic N) is 3. The molecular formula is C17H22N4O2. The maximum absolute atomic E-state index is 12.1. The van der Waals surface area contributed by atoms with Gasteiger partial charge in [-0.1, -0.05) is 12.1 Å². The zero-order valence-corrected chi connectivity index (χ0v) is 13.1. The van der Waals surface area contributed by atoms with Gasteiger partial charge in [0.2, 0.25) is 0 Å². The van der Waals surface area contributed by atoms with Crippen LogP contribution in [-0.4, -0.2) is 59.8 Å². The van der Waals surface area contributed by atoms with Crippen LogP contribution in [0.1, 0.15) is 15.9 Å². The average Bonchev–Trinajstić information content (AvgIpc) is 3.09. The molecule has 0 atom stereocenters. The first-order chi connectivity index (χ1) is 11.3. The number of ether oxygens (including phenoxy) is 1. The van der Waals surface area contributed by atoms with Gasteiger partial charge in [-0.3, -0.25) is 9.69 Å². The molecule has 3 rings (SSSR count). The maximum atomic E-state index is 12.1. The fourth-order valence-corrected chi connectivity index (χ4v) is 2.61. The Labute approximate surface area is 136 Å². The number of carbonyl (C=O) groups excluding carboxylic acids is 1. The number of amides is 1. The van der Waals surface area contributed by atoms with Gasteiger partial charge in [0.15, 0.2) is 0 Å². The molecule has 23 heavy (non-hydrogen) atoms. The lowest BCUT2D eigenvalue weighted by molar-refractivity contribution is 0.0383. The largest absolute Gasteiger partial charge is 0.379 e. The van der Waals surface area contributed by atoms with Gasteiger partial charge in [0.1, 0.15) is 0 Å². The first kappa shape index (κ1) is 15.7. The van der Waals surface area contributed by atoms with E-state index in [1.165, 1.54) is 0 Å². The van der Waals surface area contributed by atoms with Crippen molar-refractivity contribution in [1.82, 2.24) is 19.8 Å². The molecule has 1 saturated heterocycles. The van der Waals surface area contributed by atoms with Gasteiger partial charge < -0.3 is 14.6 Å². The Balaban J connectivity index is 1.45. The Hall–Kier alpha value is -2.18.